The van der Waals surface area contributed by atoms with E-state index < -0.39 is 14.6 Å². The summed E-state index contributed by atoms with van der Waals surface area (Å²) < 4.78 is 30.7. The van der Waals surface area contributed by atoms with Crippen molar-refractivity contribution in [2.75, 3.05) is 6.61 Å². The van der Waals surface area contributed by atoms with Crippen LogP contribution >= 0.6 is 0 Å². The molecule has 2 aliphatic rings. The van der Waals surface area contributed by atoms with Crippen LogP contribution in [-0.2, 0) is 14.6 Å². The molecule has 1 aromatic carbocycles. The van der Waals surface area contributed by atoms with Crippen molar-refractivity contribution in [2.45, 2.75) is 47.9 Å². The monoisotopic (exact) mass is 266 g/mol. The third kappa shape index (κ3) is 1.62. The minimum Gasteiger partial charge on any atom is -0.376 e. The summed E-state index contributed by atoms with van der Waals surface area (Å²) in [5.41, 5.74) is 0. The van der Waals surface area contributed by atoms with Gasteiger partial charge in [0.25, 0.3) is 0 Å². The van der Waals surface area contributed by atoms with Crippen molar-refractivity contribution in [2.24, 2.45) is 0 Å². The quantitative estimate of drug-likeness (QED) is 0.844. The van der Waals surface area contributed by atoms with Crippen LogP contribution in [0, 0.1) is 0 Å². The molecule has 1 saturated carbocycles. The molecule has 0 N–H and O–H groups in total. The SMILES string of the molecule is O=S(=O)(c1ccccc1)C1(C2CCO2)CCCC1. The third-order valence-corrected chi connectivity index (χ3v) is 6.96. The van der Waals surface area contributed by atoms with Crippen LogP contribution in [0.2, 0.25) is 0 Å². The molecule has 18 heavy (non-hydrogen) atoms. The van der Waals surface area contributed by atoms with Gasteiger partial charge in [-0.15, -0.1) is 0 Å². The first kappa shape index (κ1) is 12.2. The van der Waals surface area contributed by atoms with Gasteiger partial charge in [-0.1, -0.05) is 31.0 Å². The van der Waals surface area contributed by atoms with Crippen LogP contribution in [0.1, 0.15) is 32.1 Å². The summed E-state index contributed by atoms with van der Waals surface area (Å²) in [6.07, 6.45) is 4.26. The molecule has 3 rings (SSSR count). The summed E-state index contributed by atoms with van der Waals surface area (Å²) in [6.45, 7) is 0.705. The van der Waals surface area contributed by atoms with Crippen molar-refractivity contribution in [3.8, 4) is 0 Å². The zero-order valence-corrected chi connectivity index (χ0v) is 11.2. The Morgan fingerprint density at radius 3 is 2.22 bits per heavy atom. The first-order chi connectivity index (χ1) is 8.67. The predicted molar refractivity (Wildman–Crippen MR) is 69.2 cm³/mol. The Hall–Kier alpha value is -0.870. The Bertz CT molecular complexity index is 511. The van der Waals surface area contributed by atoms with Crippen molar-refractivity contribution in [1.29, 1.82) is 0 Å². The van der Waals surface area contributed by atoms with Gasteiger partial charge in [0.1, 0.15) is 4.75 Å². The van der Waals surface area contributed by atoms with Gasteiger partial charge < -0.3 is 4.74 Å². The highest BCUT2D eigenvalue weighted by atomic mass is 32.2. The van der Waals surface area contributed by atoms with Gasteiger partial charge in [-0.2, -0.15) is 0 Å². The van der Waals surface area contributed by atoms with Gasteiger partial charge >= 0.3 is 0 Å². The van der Waals surface area contributed by atoms with E-state index in [9.17, 15) is 8.42 Å². The molecule has 3 nitrogen and oxygen atoms in total. The molecule has 1 heterocycles. The normalized spacial score (nSPS) is 26.8. The average molecular weight is 266 g/mol. The first-order valence-corrected chi connectivity index (χ1v) is 8.06. The van der Waals surface area contributed by atoms with Crippen LogP contribution in [0.25, 0.3) is 0 Å². The predicted octanol–water partition coefficient (Wildman–Crippen LogP) is 2.56. The zero-order chi connectivity index (χ0) is 12.6. The van der Waals surface area contributed by atoms with E-state index in [0.717, 1.165) is 32.1 Å². The Morgan fingerprint density at radius 2 is 1.72 bits per heavy atom. The molecule has 0 bridgehead atoms. The molecule has 1 atom stereocenters. The number of hydrogen-bond donors (Lipinski definition) is 0. The van der Waals surface area contributed by atoms with E-state index >= 15 is 0 Å². The molecule has 0 aromatic heterocycles. The van der Waals surface area contributed by atoms with Crippen molar-refractivity contribution in [3.05, 3.63) is 30.3 Å². The van der Waals surface area contributed by atoms with Gasteiger partial charge in [-0.3, -0.25) is 0 Å². The van der Waals surface area contributed by atoms with Crippen molar-refractivity contribution >= 4 is 9.84 Å². The van der Waals surface area contributed by atoms with Crippen molar-refractivity contribution < 1.29 is 13.2 Å². The largest absolute Gasteiger partial charge is 0.376 e. The molecule has 1 aliphatic heterocycles. The minimum atomic E-state index is -3.29. The van der Waals surface area contributed by atoms with E-state index in [0.29, 0.717) is 11.5 Å². The number of benzene rings is 1. The van der Waals surface area contributed by atoms with Gasteiger partial charge in [-0.05, 0) is 31.4 Å². The highest BCUT2D eigenvalue weighted by Gasteiger charge is 2.54. The Labute approximate surface area is 108 Å². The fraction of sp³-hybridized carbons (Fsp3) is 0.571. The second-order valence-corrected chi connectivity index (χ2v) is 7.53. The van der Waals surface area contributed by atoms with Gasteiger partial charge in [0, 0.05) is 6.61 Å². The van der Waals surface area contributed by atoms with E-state index in [1.165, 1.54) is 0 Å². The summed E-state index contributed by atoms with van der Waals surface area (Å²) in [4.78, 5) is 0.447. The molecular formula is C14H18O3S. The standard InChI is InChI=1S/C14H18O3S/c15-18(16,12-6-2-1-3-7-12)14(9-4-5-10-14)13-8-11-17-13/h1-3,6-7,13H,4-5,8-11H2. The van der Waals surface area contributed by atoms with Crippen LogP contribution < -0.4 is 0 Å². The topological polar surface area (TPSA) is 43.4 Å². The lowest BCUT2D eigenvalue weighted by atomic mass is 9.94. The number of hydrogen-bond acceptors (Lipinski definition) is 3. The van der Waals surface area contributed by atoms with E-state index in [1.807, 2.05) is 6.07 Å². The van der Waals surface area contributed by atoms with Crippen LogP contribution in [0.3, 0.4) is 0 Å². The number of sulfone groups is 1. The van der Waals surface area contributed by atoms with Crippen molar-refractivity contribution in [1.82, 2.24) is 0 Å². The molecule has 1 saturated heterocycles. The lowest BCUT2D eigenvalue weighted by Gasteiger charge is -2.42. The molecule has 4 heteroatoms. The fourth-order valence-corrected chi connectivity index (χ4v) is 5.57. The van der Waals surface area contributed by atoms with Crippen LogP contribution in [0.5, 0.6) is 0 Å². The Morgan fingerprint density at radius 1 is 1.11 bits per heavy atom. The molecule has 0 radical (unpaired) electrons. The maximum atomic E-state index is 12.9. The maximum absolute atomic E-state index is 12.9. The number of ether oxygens (including phenoxy) is 1. The van der Waals surface area contributed by atoms with Gasteiger partial charge in [0.2, 0.25) is 0 Å². The molecule has 1 unspecified atom stereocenters. The second-order valence-electron chi connectivity index (χ2n) is 5.24. The summed E-state index contributed by atoms with van der Waals surface area (Å²) in [5.74, 6) is 0. The summed E-state index contributed by atoms with van der Waals surface area (Å²) in [5, 5.41) is 0. The van der Waals surface area contributed by atoms with E-state index in [-0.39, 0.29) is 6.10 Å². The van der Waals surface area contributed by atoms with E-state index in [4.69, 9.17) is 4.74 Å². The number of rotatable bonds is 3. The Kier molecular flexibility index (Phi) is 2.94. The lowest BCUT2D eigenvalue weighted by Crippen LogP contribution is -2.53. The van der Waals surface area contributed by atoms with Gasteiger partial charge in [0.05, 0.1) is 11.0 Å². The van der Waals surface area contributed by atoms with E-state index in [2.05, 4.69) is 0 Å². The summed E-state index contributed by atoms with van der Waals surface area (Å²) in [7, 11) is -3.29. The molecule has 98 valence electrons. The first-order valence-electron chi connectivity index (χ1n) is 6.58. The summed E-state index contributed by atoms with van der Waals surface area (Å²) >= 11 is 0. The zero-order valence-electron chi connectivity index (χ0n) is 10.3. The fourth-order valence-electron chi connectivity index (χ4n) is 3.22. The third-order valence-electron chi connectivity index (χ3n) is 4.32. The molecule has 1 aromatic rings. The second kappa shape index (κ2) is 4.35. The smallest absolute Gasteiger partial charge is 0.186 e. The Balaban J connectivity index is 2.05. The lowest BCUT2D eigenvalue weighted by molar-refractivity contribution is -0.0740. The highest BCUT2D eigenvalue weighted by Crippen LogP contribution is 2.47. The van der Waals surface area contributed by atoms with Gasteiger partial charge in [0.15, 0.2) is 9.84 Å². The van der Waals surface area contributed by atoms with Gasteiger partial charge in [-0.25, -0.2) is 8.42 Å². The molecular weight excluding hydrogens is 248 g/mol. The van der Waals surface area contributed by atoms with Crippen LogP contribution in [-0.4, -0.2) is 25.9 Å². The van der Waals surface area contributed by atoms with Crippen LogP contribution in [0.15, 0.2) is 35.2 Å². The molecule has 0 amide bonds. The maximum Gasteiger partial charge on any atom is 0.186 e. The molecule has 2 fully saturated rings. The molecule has 0 spiro atoms. The van der Waals surface area contributed by atoms with Crippen molar-refractivity contribution in [3.63, 3.8) is 0 Å². The van der Waals surface area contributed by atoms with E-state index in [1.54, 1.807) is 24.3 Å². The van der Waals surface area contributed by atoms with Crippen LogP contribution in [0.4, 0.5) is 0 Å². The summed E-state index contributed by atoms with van der Waals surface area (Å²) in [6, 6.07) is 8.83. The minimum absolute atomic E-state index is 0.0924. The average Bonchev–Trinajstić information content (AvgIpc) is 2.79. The molecule has 1 aliphatic carbocycles. The highest BCUT2D eigenvalue weighted by molar-refractivity contribution is 7.93.